The third-order valence-electron chi connectivity index (χ3n) is 3.82. The van der Waals surface area contributed by atoms with E-state index in [0.717, 1.165) is 18.8 Å². The van der Waals surface area contributed by atoms with Crippen molar-refractivity contribution in [3.8, 4) is 0 Å². The Morgan fingerprint density at radius 1 is 1.05 bits per heavy atom. The molecule has 20 heavy (non-hydrogen) atoms. The molecule has 0 atom stereocenters. The monoisotopic (exact) mass is 277 g/mol. The molecule has 1 aromatic carbocycles. The Kier molecular flexibility index (Phi) is 5.80. The zero-order valence-corrected chi connectivity index (χ0v) is 11.8. The van der Waals surface area contributed by atoms with Crippen LogP contribution >= 0.6 is 0 Å². The van der Waals surface area contributed by atoms with Crippen LogP contribution in [0.15, 0.2) is 24.3 Å². The normalized spacial score (nSPS) is 16.6. The minimum atomic E-state index is -0.378. The second-order valence-electron chi connectivity index (χ2n) is 5.37. The van der Waals surface area contributed by atoms with Gasteiger partial charge < -0.3 is 10.6 Å². The van der Waals surface area contributed by atoms with Gasteiger partial charge in [-0.1, -0.05) is 25.7 Å². The van der Waals surface area contributed by atoms with Gasteiger partial charge in [0.25, 0.3) is 5.69 Å². The second-order valence-corrected chi connectivity index (χ2v) is 5.37. The smallest absolute Gasteiger partial charge is 0.269 e. The predicted octanol–water partition coefficient (Wildman–Crippen LogP) is 3.32. The topological polar surface area (TPSA) is 67.2 Å². The molecule has 1 aliphatic rings. The summed E-state index contributed by atoms with van der Waals surface area (Å²) < 4.78 is 0. The molecule has 0 bridgehead atoms. The van der Waals surface area contributed by atoms with Gasteiger partial charge in [-0.2, -0.15) is 0 Å². The number of hydrogen-bond acceptors (Lipinski definition) is 4. The van der Waals surface area contributed by atoms with Crippen molar-refractivity contribution in [1.82, 2.24) is 5.32 Å². The summed E-state index contributed by atoms with van der Waals surface area (Å²) in [6, 6.07) is 7.23. The molecule has 0 unspecified atom stereocenters. The molecule has 110 valence electrons. The molecular formula is C15H23N3O2. The van der Waals surface area contributed by atoms with Gasteiger partial charge in [-0.3, -0.25) is 10.1 Å². The molecule has 1 aliphatic carbocycles. The Labute approximate surface area is 119 Å². The first kappa shape index (κ1) is 14.8. The van der Waals surface area contributed by atoms with E-state index >= 15 is 0 Å². The lowest BCUT2D eigenvalue weighted by Crippen LogP contribution is -2.32. The Bertz CT molecular complexity index is 412. The first-order valence-corrected chi connectivity index (χ1v) is 7.47. The Morgan fingerprint density at radius 2 is 1.70 bits per heavy atom. The molecular weight excluding hydrogens is 254 g/mol. The van der Waals surface area contributed by atoms with Crippen molar-refractivity contribution in [3.05, 3.63) is 34.4 Å². The first-order valence-electron chi connectivity index (χ1n) is 7.47. The van der Waals surface area contributed by atoms with E-state index in [-0.39, 0.29) is 10.6 Å². The summed E-state index contributed by atoms with van der Waals surface area (Å²) in [6.07, 6.45) is 8.01. The van der Waals surface area contributed by atoms with Crippen molar-refractivity contribution in [2.45, 2.75) is 44.6 Å². The standard InChI is InChI=1S/C15H23N3O2/c19-18(20)15-9-7-14(8-10-15)17-12-11-16-13-5-3-1-2-4-6-13/h7-10,13,16-17H,1-6,11-12H2. The Morgan fingerprint density at radius 3 is 2.30 bits per heavy atom. The lowest BCUT2D eigenvalue weighted by Gasteiger charge is -2.16. The number of anilines is 1. The number of rotatable bonds is 6. The SMILES string of the molecule is O=[N+]([O-])c1ccc(NCCNC2CCCCCC2)cc1. The number of nitrogens with zero attached hydrogens (tertiary/aromatic N) is 1. The zero-order chi connectivity index (χ0) is 14.2. The second kappa shape index (κ2) is 7.85. The molecule has 0 aliphatic heterocycles. The van der Waals surface area contributed by atoms with Gasteiger partial charge in [0, 0.05) is 37.0 Å². The number of non-ortho nitro benzene ring substituents is 1. The van der Waals surface area contributed by atoms with Crippen LogP contribution in [0.4, 0.5) is 11.4 Å². The molecule has 1 fully saturated rings. The molecule has 0 amide bonds. The minimum Gasteiger partial charge on any atom is -0.384 e. The summed E-state index contributed by atoms with van der Waals surface area (Å²) in [5.41, 5.74) is 1.06. The number of nitrogens with one attached hydrogen (secondary N) is 2. The molecule has 0 spiro atoms. The van der Waals surface area contributed by atoms with Crippen LogP contribution in [0.2, 0.25) is 0 Å². The number of benzene rings is 1. The molecule has 0 aromatic heterocycles. The van der Waals surface area contributed by atoms with E-state index in [0.29, 0.717) is 6.04 Å². The fraction of sp³-hybridized carbons (Fsp3) is 0.600. The first-order chi connectivity index (χ1) is 9.75. The maximum Gasteiger partial charge on any atom is 0.269 e. The van der Waals surface area contributed by atoms with Crippen molar-refractivity contribution in [3.63, 3.8) is 0 Å². The van der Waals surface area contributed by atoms with Crippen LogP contribution in [-0.4, -0.2) is 24.1 Å². The quantitative estimate of drug-likeness (QED) is 0.362. The molecule has 2 N–H and O–H groups in total. The molecule has 5 heteroatoms. The van der Waals surface area contributed by atoms with Crippen LogP contribution < -0.4 is 10.6 Å². The highest BCUT2D eigenvalue weighted by atomic mass is 16.6. The summed E-state index contributed by atoms with van der Waals surface area (Å²) in [5.74, 6) is 0. The maximum absolute atomic E-state index is 10.6. The van der Waals surface area contributed by atoms with Crippen molar-refractivity contribution in [1.29, 1.82) is 0 Å². The van der Waals surface area contributed by atoms with Gasteiger partial charge in [-0.15, -0.1) is 0 Å². The molecule has 1 aromatic rings. The summed E-state index contributed by atoms with van der Waals surface area (Å²) in [7, 11) is 0. The van der Waals surface area contributed by atoms with Crippen LogP contribution in [0.3, 0.4) is 0 Å². The van der Waals surface area contributed by atoms with Crippen LogP contribution in [0.5, 0.6) is 0 Å². The van der Waals surface area contributed by atoms with E-state index in [9.17, 15) is 10.1 Å². The van der Waals surface area contributed by atoms with E-state index in [1.54, 1.807) is 12.1 Å². The van der Waals surface area contributed by atoms with E-state index < -0.39 is 0 Å². The molecule has 0 radical (unpaired) electrons. The molecule has 0 heterocycles. The van der Waals surface area contributed by atoms with Crippen molar-refractivity contribution in [2.75, 3.05) is 18.4 Å². The van der Waals surface area contributed by atoms with Gasteiger partial charge in [-0.05, 0) is 25.0 Å². The number of hydrogen-bond donors (Lipinski definition) is 2. The fourth-order valence-corrected chi connectivity index (χ4v) is 2.67. The third kappa shape index (κ3) is 4.81. The van der Waals surface area contributed by atoms with E-state index in [1.165, 1.54) is 50.7 Å². The van der Waals surface area contributed by atoms with Gasteiger partial charge in [0.1, 0.15) is 0 Å². The van der Waals surface area contributed by atoms with E-state index in [2.05, 4.69) is 10.6 Å². The van der Waals surface area contributed by atoms with Crippen molar-refractivity contribution in [2.24, 2.45) is 0 Å². The van der Waals surface area contributed by atoms with Crippen LogP contribution in [-0.2, 0) is 0 Å². The highest BCUT2D eigenvalue weighted by Gasteiger charge is 2.10. The van der Waals surface area contributed by atoms with Crippen molar-refractivity contribution < 1.29 is 4.92 Å². The van der Waals surface area contributed by atoms with Crippen LogP contribution in [0.25, 0.3) is 0 Å². The maximum atomic E-state index is 10.6. The van der Waals surface area contributed by atoms with E-state index in [1.807, 2.05) is 0 Å². The average molecular weight is 277 g/mol. The molecule has 0 saturated heterocycles. The average Bonchev–Trinajstić information content (AvgIpc) is 2.73. The third-order valence-corrected chi connectivity index (χ3v) is 3.82. The summed E-state index contributed by atoms with van der Waals surface area (Å²) in [5, 5.41) is 17.4. The van der Waals surface area contributed by atoms with Gasteiger partial charge in [0.2, 0.25) is 0 Å². The Hall–Kier alpha value is -1.62. The highest BCUT2D eigenvalue weighted by molar-refractivity contribution is 5.48. The van der Waals surface area contributed by atoms with E-state index in [4.69, 9.17) is 0 Å². The largest absolute Gasteiger partial charge is 0.384 e. The fourth-order valence-electron chi connectivity index (χ4n) is 2.67. The van der Waals surface area contributed by atoms with Gasteiger partial charge in [0.05, 0.1) is 4.92 Å². The number of nitro groups is 1. The van der Waals surface area contributed by atoms with Crippen LogP contribution in [0.1, 0.15) is 38.5 Å². The molecule has 1 saturated carbocycles. The minimum absolute atomic E-state index is 0.132. The van der Waals surface area contributed by atoms with Gasteiger partial charge in [-0.25, -0.2) is 0 Å². The van der Waals surface area contributed by atoms with Gasteiger partial charge >= 0.3 is 0 Å². The predicted molar refractivity (Wildman–Crippen MR) is 81.1 cm³/mol. The molecule has 2 rings (SSSR count). The van der Waals surface area contributed by atoms with Crippen LogP contribution in [0, 0.1) is 10.1 Å². The molecule has 5 nitrogen and oxygen atoms in total. The summed E-state index contributed by atoms with van der Waals surface area (Å²) in [4.78, 5) is 10.2. The summed E-state index contributed by atoms with van der Waals surface area (Å²) in [6.45, 7) is 1.77. The lowest BCUT2D eigenvalue weighted by molar-refractivity contribution is -0.384. The van der Waals surface area contributed by atoms with Gasteiger partial charge in [0.15, 0.2) is 0 Å². The highest BCUT2D eigenvalue weighted by Crippen LogP contribution is 2.17. The number of nitro benzene ring substituents is 1. The summed E-state index contributed by atoms with van der Waals surface area (Å²) >= 11 is 0. The zero-order valence-electron chi connectivity index (χ0n) is 11.8. The van der Waals surface area contributed by atoms with Crippen molar-refractivity contribution >= 4 is 11.4 Å². The lowest BCUT2D eigenvalue weighted by atomic mass is 10.1. The Balaban J connectivity index is 1.66.